The highest BCUT2D eigenvalue weighted by Gasteiger charge is 2.34. The van der Waals surface area contributed by atoms with Crippen LogP contribution in [0.2, 0.25) is 0 Å². The molecule has 0 amide bonds. The molecule has 1 N–H and O–H groups in total. The van der Waals surface area contributed by atoms with E-state index in [0.29, 0.717) is 11.8 Å². The molecule has 0 spiro atoms. The van der Waals surface area contributed by atoms with Gasteiger partial charge in [0.15, 0.2) is 0 Å². The minimum absolute atomic E-state index is 0.263. The Kier molecular flexibility index (Phi) is 2.15. The number of aliphatic hydroxyl groups excluding tert-OH is 1. The minimum atomic E-state index is -0.263. The normalized spacial score (nSPS) is 30.5. The molecule has 0 radical (unpaired) electrons. The topological polar surface area (TPSA) is 20.2 Å². The van der Waals surface area contributed by atoms with E-state index in [0.717, 1.165) is 0 Å². The van der Waals surface area contributed by atoms with Crippen molar-refractivity contribution in [2.45, 2.75) is 39.7 Å². The first-order chi connectivity index (χ1) is 6.52. The molecule has 1 heteroatoms. The van der Waals surface area contributed by atoms with Crippen molar-refractivity contribution in [3.8, 4) is 0 Å². The molecule has 1 aliphatic rings. The van der Waals surface area contributed by atoms with Crippen molar-refractivity contribution >= 4 is 0 Å². The molecule has 1 aromatic rings. The Hall–Kier alpha value is -0.820. The lowest BCUT2D eigenvalue weighted by molar-refractivity contribution is 0.123. The first-order valence-corrected chi connectivity index (χ1v) is 5.31. The average Bonchev–Trinajstić information content (AvgIpc) is 2.31. The fourth-order valence-electron chi connectivity index (χ4n) is 2.61. The van der Waals surface area contributed by atoms with Gasteiger partial charge in [0.2, 0.25) is 0 Å². The van der Waals surface area contributed by atoms with Gasteiger partial charge in [-0.05, 0) is 42.4 Å². The monoisotopic (exact) mass is 190 g/mol. The van der Waals surface area contributed by atoms with E-state index < -0.39 is 0 Å². The van der Waals surface area contributed by atoms with E-state index in [1.165, 1.54) is 22.3 Å². The molecule has 1 aromatic carbocycles. The van der Waals surface area contributed by atoms with Gasteiger partial charge in [0, 0.05) is 0 Å². The summed E-state index contributed by atoms with van der Waals surface area (Å²) in [4.78, 5) is 0. The van der Waals surface area contributed by atoms with Crippen LogP contribution in [-0.2, 0) is 0 Å². The van der Waals surface area contributed by atoms with Crippen LogP contribution in [0.4, 0.5) is 0 Å². The molecule has 0 fully saturated rings. The third-order valence-corrected chi connectivity index (χ3v) is 3.64. The Morgan fingerprint density at radius 1 is 1.14 bits per heavy atom. The van der Waals surface area contributed by atoms with Gasteiger partial charge in [0.25, 0.3) is 0 Å². The quantitative estimate of drug-likeness (QED) is 0.666. The van der Waals surface area contributed by atoms with Crippen molar-refractivity contribution < 1.29 is 5.11 Å². The van der Waals surface area contributed by atoms with Crippen LogP contribution in [0.15, 0.2) is 12.1 Å². The van der Waals surface area contributed by atoms with Gasteiger partial charge in [-0.25, -0.2) is 0 Å². The Morgan fingerprint density at radius 2 is 1.79 bits per heavy atom. The van der Waals surface area contributed by atoms with E-state index in [1.807, 2.05) is 0 Å². The van der Waals surface area contributed by atoms with E-state index in [2.05, 4.69) is 39.8 Å². The average molecular weight is 190 g/mol. The fourth-order valence-corrected chi connectivity index (χ4v) is 2.61. The van der Waals surface area contributed by atoms with E-state index in [4.69, 9.17) is 0 Å². The lowest BCUT2D eigenvalue weighted by Gasteiger charge is -2.12. The van der Waals surface area contributed by atoms with Crippen LogP contribution in [0.3, 0.4) is 0 Å². The second-order valence-electron chi connectivity index (χ2n) is 4.68. The summed E-state index contributed by atoms with van der Waals surface area (Å²) in [6, 6.07) is 4.38. The third kappa shape index (κ3) is 1.19. The molecule has 2 rings (SSSR count). The predicted molar refractivity (Wildman–Crippen MR) is 58.5 cm³/mol. The van der Waals surface area contributed by atoms with Gasteiger partial charge in [-0.3, -0.25) is 0 Å². The van der Waals surface area contributed by atoms with Gasteiger partial charge >= 0.3 is 0 Å². The number of aryl methyl sites for hydroxylation is 2. The summed E-state index contributed by atoms with van der Waals surface area (Å²) in [5.41, 5.74) is 5.07. The van der Waals surface area contributed by atoms with Gasteiger partial charge in [-0.15, -0.1) is 0 Å². The van der Waals surface area contributed by atoms with Crippen molar-refractivity contribution in [3.63, 3.8) is 0 Å². The summed E-state index contributed by atoms with van der Waals surface area (Å²) in [7, 11) is 0. The summed E-state index contributed by atoms with van der Waals surface area (Å²) in [5, 5.41) is 10.1. The van der Waals surface area contributed by atoms with Crippen LogP contribution in [-0.4, -0.2) is 5.11 Å². The summed E-state index contributed by atoms with van der Waals surface area (Å²) in [5.74, 6) is 0.837. The molecule has 0 heterocycles. The zero-order valence-corrected chi connectivity index (χ0v) is 9.33. The molecule has 0 aromatic heterocycles. The predicted octanol–water partition coefficient (Wildman–Crippen LogP) is 3.09. The van der Waals surface area contributed by atoms with Crippen molar-refractivity contribution in [2.75, 3.05) is 0 Å². The summed E-state index contributed by atoms with van der Waals surface area (Å²) in [6.07, 6.45) is -0.263. The van der Waals surface area contributed by atoms with Gasteiger partial charge in [-0.1, -0.05) is 31.5 Å². The SMILES string of the molecule is Cc1cc(C)c2c(c1)C(C)C(C)C2O. The standard InChI is InChI=1S/C13H18O/c1-7-5-8(2)12-11(6-7)9(3)10(4)13(12)14/h5-6,9-10,13-14H,1-4H3. The maximum absolute atomic E-state index is 10.1. The third-order valence-electron chi connectivity index (χ3n) is 3.64. The van der Waals surface area contributed by atoms with Crippen LogP contribution in [0.25, 0.3) is 0 Å². The molecule has 76 valence electrons. The van der Waals surface area contributed by atoms with Crippen molar-refractivity contribution in [2.24, 2.45) is 5.92 Å². The molecular formula is C13H18O. The van der Waals surface area contributed by atoms with Crippen molar-refractivity contribution in [1.29, 1.82) is 0 Å². The van der Waals surface area contributed by atoms with Crippen LogP contribution in [0.1, 0.15) is 48.1 Å². The van der Waals surface area contributed by atoms with E-state index in [-0.39, 0.29) is 6.10 Å². The minimum Gasteiger partial charge on any atom is -0.388 e. The Bertz CT molecular complexity index is 368. The maximum Gasteiger partial charge on any atom is 0.0826 e. The largest absolute Gasteiger partial charge is 0.388 e. The first kappa shape index (κ1) is 9.72. The number of benzene rings is 1. The van der Waals surface area contributed by atoms with Crippen molar-refractivity contribution in [1.82, 2.24) is 0 Å². The molecule has 0 aliphatic heterocycles. The molecule has 0 saturated heterocycles. The zero-order chi connectivity index (χ0) is 10.5. The fraction of sp³-hybridized carbons (Fsp3) is 0.538. The summed E-state index contributed by atoms with van der Waals surface area (Å²) >= 11 is 0. The zero-order valence-electron chi connectivity index (χ0n) is 9.33. The molecule has 3 atom stereocenters. The molecule has 14 heavy (non-hydrogen) atoms. The van der Waals surface area contributed by atoms with E-state index in [9.17, 15) is 5.11 Å². The van der Waals surface area contributed by atoms with Crippen LogP contribution < -0.4 is 0 Å². The number of hydrogen-bond donors (Lipinski definition) is 1. The van der Waals surface area contributed by atoms with Crippen LogP contribution in [0, 0.1) is 19.8 Å². The van der Waals surface area contributed by atoms with Gasteiger partial charge in [-0.2, -0.15) is 0 Å². The van der Waals surface area contributed by atoms with E-state index in [1.54, 1.807) is 0 Å². The van der Waals surface area contributed by atoms with E-state index >= 15 is 0 Å². The molecule has 1 nitrogen and oxygen atoms in total. The number of fused-ring (bicyclic) bond motifs is 1. The van der Waals surface area contributed by atoms with Gasteiger partial charge in [0.05, 0.1) is 6.10 Å². The lowest BCUT2D eigenvalue weighted by Crippen LogP contribution is -2.05. The highest BCUT2D eigenvalue weighted by atomic mass is 16.3. The molecule has 0 bridgehead atoms. The smallest absolute Gasteiger partial charge is 0.0826 e. The molecule has 1 aliphatic carbocycles. The number of rotatable bonds is 0. The number of aliphatic hydroxyl groups is 1. The van der Waals surface area contributed by atoms with Crippen molar-refractivity contribution in [3.05, 3.63) is 34.4 Å². The lowest BCUT2D eigenvalue weighted by atomic mass is 9.95. The molecule has 0 saturated carbocycles. The Morgan fingerprint density at radius 3 is 2.43 bits per heavy atom. The molecule has 3 unspecified atom stereocenters. The Balaban J connectivity index is 2.63. The number of hydrogen-bond acceptors (Lipinski definition) is 1. The summed E-state index contributed by atoms with van der Waals surface area (Å²) in [6.45, 7) is 8.55. The summed E-state index contributed by atoms with van der Waals surface area (Å²) < 4.78 is 0. The highest BCUT2D eigenvalue weighted by molar-refractivity contribution is 5.45. The second-order valence-corrected chi connectivity index (χ2v) is 4.68. The first-order valence-electron chi connectivity index (χ1n) is 5.31. The van der Waals surface area contributed by atoms with Crippen LogP contribution in [0.5, 0.6) is 0 Å². The molecular weight excluding hydrogens is 172 g/mol. The highest BCUT2D eigenvalue weighted by Crippen LogP contribution is 2.46. The maximum atomic E-state index is 10.1. The van der Waals surface area contributed by atoms with Gasteiger partial charge < -0.3 is 5.11 Å². The van der Waals surface area contributed by atoms with Crippen LogP contribution >= 0.6 is 0 Å². The second kappa shape index (κ2) is 3.09. The Labute approximate surface area is 85.8 Å². The van der Waals surface area contributed by atoms with Gasteiger partial charge in [0.1, 0.15) is 0 Å².